The van der Waals surface area contributed by atoms with Crippen molar-refractivity contribution in [2.24, 2.45) is 0 Å². The van der Waals surface area contributed by atoms with E-state index < -0.39 is 6.36 Å². The Hall–Kier alpha value is -1.49. The first-order chi connectivity index (χ1) is 8.44. The minimum atomic E-state index is -4.64. The molecule has 1 heterocycles. The minimum absolute atomic E-state index is 0.167. The Labute approximate surface area is 104 Å². The highest BCUT2D eigenvalue weighted by atomic mass is 19.4. The molecule has 98 valence electrons. The van der Waals surface area contributed by atoms with Crippen LogP contribution in [0.2, 0.25) is 0 Å². The fourth-order valence-electron chi connectivity index (χ4n) is 1.93. The number of halogens is 3. The Morgan fingerprint density at radius 2 is 2.06 bits per heavy atom. The van der Waals surface area contributed by atoms with Gasteiger partial charge in [-0.2, -0.15) is 0 Å². The summed E-state index contributed by atoms with van der Waals surface area (Å²) in [4.78, 5) is 2.15. The quantitative estimate of drug-likeness (QED) is 0.806. The fraction of sp³-hybridized carbons (Fsp3) is 0.385. The summed E-state index contributed by atoms with van der Waals surface area (Å²) in [6, 6.07) is 6.13. The lowest BCUT2D eigenvalue weighted by molar-refractivity contribution is -0.274. The lowest BCUT2D eigenvalue weighted by atomic mass is 9.99. The number of benzene rings is 1. The topological polar surface area (TPSA) is 12.5 Å². The SMILES string of the molecule is CN1CC=C(c2cccc(OC(F)(F)F)c2)CC1. The molecule has 0 aromatic heterocycles. The van der Waals surface area contributed by atoms with Gasteiger partial charge in [0, 0.05) is 13.1 Å². The van der Waals surface area contributed by atoms with Crippen LogP contribution in [0.25, 0.3) is 5.57 Å². The minimum Gasteiger partial charge on any atom is -0.406 e. The molecule has 1 aliphatic rings. The van der Waals surface area contributed by atoms with Gasteiger partial charge in [-0.3, -0.25) is 0 Å². The van der Waals surface area contributed by atoms with E-state index in [1.54, 1.807) is 12.1 Å². The lowest BCUT2D eigenvalue weighted by Crippen LogP contribution is -2.23. The van der Waals surface area contributed by atoms with E-state index in [-0.39, 0.29) is 5.75 Å². The lowest BCUT2D eigenvalue weighted by Gasteiger charge is -2.22. The van der Waals surface area contributed by atoms with E-state index in [0.29, 0.717) is 0 Å². The molecular formula is C13H14F3NO. The van der Waals surface area contributed by atoms with Crippen molar-refractivity contribution in [1.82, 2.24) is 4.90 Å². The van der Waals surface area contributed by atoms with Crippen LogP contribution in [-0.2, 0) is 0 Å². The summed E-state index contributed by atoms with van der Waals surface area (Å²) in [6.45, 7) is 1.73. The number of hydrogen-bond acceptors (Lipinski definition) is 2. The van der Waals surface area contributed by atoms with Crippen LogP contribution in [0.1, 0.15) is 12.0 Å². The molecule has 0 unspecified atom stereocenters. The van der Waals surface area contributed by atoms with Crippen molar-refractivity contribution in [1.29, 1.82) is 0 Å². The Bertz CT molecular complexity index is 454. The highest BCUT2D eigenvalue weighted by Crippen LogP contribution is 2.28. The largest absolute Gasteiger partial charge is 0.573 e. The molecule has 0 aliphatic carbocycles. The van der Waals surface area contributed by atoms with Gasteiger partial charge in [-0.05, 0) is 36.7 Å². The van der Waals surface area contributed by atoms with Crippen molar-refractivity contribution in [3.05, 3.63) is 35.9 Å². The van der Waals surface area contributed by atoms with Crippen LogP contribution in [0.3, 0.4) is 0 Å². The van der Waals surface area contributed by atoms with Crippen molar-refractivity contribution < 1.29 is 17.9 Å². The van der Waals surface area contributed by atoms with Crippen LogP contribution >= 0.6 is 0 Å². The fourth-order valence-corrected chi connectivity index (χ4v) is 1.93. The smallest absolute Gasteiger partial charge is 0.406 e. The van der Waals surface area contributed by atoms with E-state index in [0.717, 1.165) is 30.6 Å². The molecule has 0 N–H and O–H groups in total. The Morgan fingerprint density at radius 3 is 2.67 bits per heavy atom. The Balaban J connectivity index is 2.17. The van der Waals surface area contributed by atoms with E-state index in [4.69, 9.17) is 0 Å². The van der Waals surface area contributed by atoms with Crippen LogP contribution in [0.4, 0.5) is 13.2 Å². The highest BCUT2D eigenvalue weighted by molar-refractivity contribution is 5.67. The third kappa shape index (κ3) is 3.50. The molecular weight excluding hydrogens is 243 g/mol. The molecule has 0 bridgehead atoms. The van der Waals surface area contributed by atoms with Crippen molar-refractivity contribution in [3.63, 3.8) is 0 Å². The van der Waals surface area contributed by atoms with Crippen molar-refractivity contribution in [2.45, 2.75) is 12.8 Å². The maximum Gasteiger partial charge on any atom is 0.573 e. The molecule has 0 saturated carbocycles. The summed E-state index contributed by atoms with van der Waals surface area (Å²) in [5.74, 6) is -0.167. The summed E-state index contributed by atoms with van der Waals surface area (Å²) in [5.41, 5.74) is 1.87. The number of rotatable bonds is 2. The maximum absolute atomic E-state index is 12.1. The van der Waals surface area contributed by atoms with Gasteiger partial charge in [0.2, 0.25) is 0 Å². The van der Waals surface area contributed by atoms with Gasteiger partial charge >= 0.3 is 6.36 Å². The molecule has 0 atom stereocenters. The molecule has 5 heteroatoms. The second-order valence-electron chi connectivity index (χ2n) is 4.32. The van der Waals surface area contributed by atoms with Crippen LogP contribution in [0.15, 0.2) is 30.3 Å². The summed E-state index contributed by atoms with van der Waals surface area (Å²) in [7, 11) is 2.01. The molecule has 0 saturated heterocycles. The van der Waals surface area contributed by atoms with Crippen molar-refractivity contribution in [3.8, 4) is 5.75 Å². The van der Waals surface area contributed by atoms with Crippen molar-refractivity contribution in [2.75, 3.05) is 20.1 Å². The van der Waals surface area contributed by atoms with Gasteiger partial charge in [0.25, 0.3) is 0 Å². The number of alkyl halides is 3. The van der Waals surface area contributed by atoms with E-state index >= 15 is 0 Å². The van der Waals surface area contributed by atoms with E-state index in [2.05, 4.69) is 9.64 Å². The van der Waals surface area contributed by atoms with Crippen LogP contribution in [0.5, 0.6) is 5.75 Å². The van der Waals surface area contributed by atoms with Gasteiger partial charge in [0.15, 0.2) is 0 Å². The predicted molar refractivity (Wildman–Crippen MR) is 63.2 cm³/mol. The summed E-state index contributed by atoms with van der Waals surface area (Å²) >= 11 is 0. The van der Waals surface area contributed by atoms with Crippen LogP contribution in [0, 0.1) is 0 Å². The summed E-state index contributed by atoms with van der Waals surface area (Å²) < 4.78 is 40.3. The van der Waals surface area contributed by atoms with Gasteiger partial charge in [-0.15, -0.1) is 13.2 Å². The Kier molecular flexibility index (Phi) is 3.61. The van der Waals surface area contributed by atoms with Gasteiger partial charge < -0.3 is 9.64 Å². The number of likely N-dealkylation sites (N-methyl/N-ethyl adjacent to an activating group) is 1. The monoisotopic (exact) mass is 257 g/mol. The zero-order chi connectivity index (χ0) is 13.2. The van der Waals surface area contributed by atoms with Gasteiger partial charge in [0.05, 0.1) is 0 Å². The van der Waals surface area contributed by atoms with Crippen LogP contribution in [-0.4, -0.2) is 31.4 Å². The van der Waals surface area contributed by atoms with Crippen LogP contribution < -0.4 is 4.74 Å². The summed E-state index contributed by atoms with van der Waals surface area (Å²) in [5, 5.41) is 0. The first-order valence-electron chi connectivity index (χ1n) is 5.68. The predicted octanol–water partition coefficient (Wildman–Crippen LogP) is 3.30. The normalized spacial score (nSPS) is 17.4. The molecule has 18 heavy (non-hydrogen) atoms. The molecule has 2 rings (SSSR count). The maximum atomic E-state index is 12.1. The third-order valence-electron chi connectivity index (χ3n) is 2.85. The first kappa shape index (κ1) is 13.0. The van der Waals surface area contributed by atoms with E-state index in [1.807, 2.05) is 13.1 Å². The number of ether oxygens (including phenoxy) is 1. The molecule has 0 amide bonds. The zero-order valence-electron chi connectivity index (χ0n) is 10.00. The molecule has 1 aromatic carbocycles. The van der Waals surface area contributed by atoms with Gasteiger partial charge in [0.1, 0.15) is 5.75 Å². The Morgan fingerprint density at radius 1 is 1.28 bits per heavy atom. The molecule has 0 spiro atoms. The number of nitrogens with zero attached hydrogens (tertiary/aromatic N) is 1. The van der Waals surface area contributed by atoms with Crippen molar-refractivity contribution >= 4 is 5.57 Å². The highest BCUT2D eigenvalue weighted by Gasteiger charge is 2.31. The number of hydrogen-bond donors (Lipinski definition) is 0. The average molecular weight is 257 g/mol. The van der Waals surface area contributed by atoms with Gasteiger partial charge in [-0.25, -0.2) is 0 Å². The molecule has 0 fully saturated rings. The zero-order valence-corrected chi connectivity index (χ0v) is 10.00. The summed E-state index contributed by atoms with van der Waals surface area (Å²) in [6.07, 6.45) is -1.76. The second-order valence-corrected chi connectivity index (χ2v) is 4.32. The molecule has 2 nitrogen and oxygen atoms in total. The standard InChI is InChI=1S/C13H14F3NO/c1-17-7-5-10(6-8-17)11-3-2-4-12(9-11)18-13(14,15)16/h2-5,9H,6-8H2,1H3. The first-order valence-corrected chi connectivity index (χ1v) is 5.68. The molecule has 1 aromatic rings. The molecule has 0 radical (unpaired) electrons. The second kappa shape index (κ2) is 5.02. The van der Waals surface area contributed by atoms with E-state index in [9.17, 15) is 13.2 Å². The van der Waals surface area contributed by atoms with Gasteiger partial charge in [-0.1, -0.05) is 18.2 Å². The molecule has 1 aliphatic heterocycles. The average Bonchev–Trinajstić information content (AvgIpc) is 2.28. The third-order valence-corrected chi connectivity index (χ3v) is 2.85. The van der Waals surface area contributed by atoms with E-state index in [1.165, 1.54) is 12.1 Å².